The normalized spacial score (nSPS) is 13.2. The van der Waals surface area contributed by atoms with Crippen LogP contribution in [0.5, 0.6) is 0 Å². The molecule has 1 aliphatic rings. The number of benzene rings is 2. The minimum absolute atomic E-state index is 0.0133. The summed E-state index contributed by atoms with van der Waals surface area (Å²) < 4.78 is 0. The van der Waals surface area contributed by atoms with E-state index in [1.807, 2.05) is 30.3 Å². The van der Waals surface area contributed by atoms with Crippen molar-refractivity contribution in [3.63, 3.8) is 0 Å². The molecule has 142 valence electrons. The van der Waals surface area contributed by atoms with Crippen LogP contribution in [-0.2, 0) is 16.0 Å². The molecule has 2 aromatic carbocycles. The minimum Gasteiger partial charge on any atom is -0.323 e. The summed E-state index contributed by atoms with van der Waals surface area (Å²) in [5, 5.41) is 10.4. The van der Waals surface area contributed by atoms with Gasteiger partial charge in [-0.25, -0.2) is 4.98 Å². The number of hydrogen-bond donors (Lipinski definition) is 2. The number of rotatable bonds is 5. The number of nitrogens with one attached hydrogen (secondary N) is 2. The number of nitrogens with zero attached hydrogens (tertiary/aromatic N) is 3. The van der Waals surface area contributed by atoms with Crippen LogP contribution in [0.15, 0.2) is 53.7 Å². The number of aromatic amines is 1. The molecule has 0 saturated heterocycles. The van der Waals surface area contributed by atoms with Crippen molar-refractivity contribution in [2.75, 3.05) is 22.5 Å². The van der Waals surface area contributed by atoms with Crippen molar-refractivity contribution < 1.29 is 9.59 Å². The van der Waals surface area contributed by atoms with Gasteiger partial charge < -0.3 is 10.2 Å². The van der Waals surface area contributed by atoms with E-state index in [9.17, 15) is 9.59 Å². The zero-order chi connectivity index (χ0) is 19.5. The van der Waals surface area contributed by atoms with E-state index in [2.05, 4.69) is 39.6 Å². The number of para-hydroxylation sites is 2. The SMILES string of the molecule is CCc1ccc(-c2nc(SCC(=O)N3CC(=O)Nc4ccccc43)n[nH]2)cc1. The van der Waals surface area contributed by atoms with Gasteiger partial charge in [0.2, 0.25) is 17.0 Å². The molecule has 8 heteroatoms. The lowest BCUT2D eigenvalue weighted by molar-refractivity contribution is -0.120. The molecular formula is C20H19N5O2S. The molecule has 0 fully saturated rings. The summed E-state index contributed by atoms with van der Waals surface area (Å²) in [7, 11) is 0. The smallest absolute Gasteiger partial charge is 0.244 e. The Balaban J connectivity index is 1.43. The number of hydrogen-bond acceptors (Lipinski definition) is 5. The van der Waals surface area contributed by atoms with Crippen LogP contribution in [0.2, 0.25) is 0 Å². The van der Waals surface area contributed by atoms with Crippen LogP contribution < -0.4 is 10.2 Å². The van der Waals surface area contributed by atoms with Crippen LogP contribution in [-0.4, -0.2) is 39.3 Å². The van der Waals surface area contributed by atoms with Gasteiger partial charge in [0.05, 0.1) is 17.1 Å². The van der Waals surface area contributed by atoms with Crippen LogP contribution >= 0.6 is 11.8 Å². The standard InChI is InChI=1S/C20H19N5O2S/c1-2-13-7-9-14(10-8-13)19-22-20(24-23-19)28-12-18(27)25-11-17(26)21-15-5-3-4-6-16(15)25/h3-10H,2,11-12H2,1H3,(H,21,26)(H,22,23,24). The van der Waals surface area contributed by atoms with Crippen molar-refractivity contribution in [2.45, 2.75) is 18.5 Å². The van der Waals surface area contributed by atoms with Crippen molar-refractivity contribution in [2.24, 2.45) is 0 Å². The van der Waals surface area contributed by atoms with Gasteiger partial charge in [0.15, 0.2) is 5.82 Å². The molecular weight excluding hydrogens is 374 g/mol. The number of aromatic nitrogens is 3. The first kappa shape index (κ1) is 18.2. The van der Waals surface area contributed by atoms with Crippen LogP contribution in [0.4, 0.5) is 11.4 Å². The number of fused-ring (bicyclic) bond motifs is 1. The second kappa shape index (κ2) is 7.85. The molecule has 0 unspecified atom stereocenters. The van der Waals surface area contributed by atoms with E-state index in [4.69, 9.17) is 0 Å². The number of carbonyl (C=O) groups is 2. The monoisotopic (exact) mass is 393 g/mol. The topological polar surface area (TPSA) is 91.0 Å². The Morgan fingerprint density at radius 1 is 1.18 bits per heavy atom. The van der Waals surface area contributed by atoms with Crippen LogP contribution in [0.25, 0.3) is 11.4 Å². The van der Waals surface area contributed by atoms with E-state index in [0.717, 1.165) is 12.0 Å². The van der Waals surface area contributed by atoms with Crippen molar-refractivity contribution in [3.05, 3.63) is 54.1 Å². The van der Waals surface area contributed by atoms with Crippen molar-refractivity contribution in [3.8, 4) is 11.4 Å². The molecule has 0 saturated carbocycles. The molecule has 28 heavy (non-hydrogen) atoms. The average molecular weight is 393 g/mol. The molecule has 7 nitrogen and oxygen atoms in total. The van der Waals surface area contributed by atoms with Crippen molar-refractivity contribution in [1.82, 2.24) is 15.2 Å². The van der Waals surface area contributed by atoms with Gasteiger partial charge in [0.1, 0.15) is 6.54 Å². The van der Waals surface area contributed by atoms with Crippen molar-refractivity contribution in [1.29, 1.82) is 0 Å². The third-order valence-corrected chi connectivity index (χ3v) is 5.33. The Morgan fingerprint density at radius 2 is 1.96 bits per heavy atom. The summed E-state index contributed by atoms with van der Waals surface area (Å²) in [6, 6.07) is 15.4. The van der Waals surface area contributed by atoms with Gasteiger partial charge in [-0.3, -0.25) is 14.7 Å². The Kier molecular flexibility index (Phi) is 5.12. The maximum atomic E-state index is 12.7. The zero-order valence-electron chi connectivity index (χ0n) is 15.3. The predicted molar refractivity (Wildman–Crippen MR) is 109 cm³/mol. The van der Waals surface area contributed by atoms with E-state index in [-0.39, 0.29) is 24.1 Å². The number of amides is 2. The summed E-state index contributed by atoms with van der Waals surface area (Å²) in [4.78, 5) is 30.5. The second-order valence-corrected chi connectivity index (χ2v) is 7.29. The molecule has 4 rings (SSSR count). The first-order valence-electron chi connectivity index (χ1n) is 8.98. The fraction of sp³-hybridized carbons (Fsp3) is 0.200. The molecule has 3 aromatic rings. The van der Waals surface area contributed by atoms with E-state index < -0.39 is 0 Å². The Bertz CT molecular complexity index is 1020. The van der Waals surface area contributed by atoms with E-state index in [1.54, 1.807) is 6.07 Å². The minimum atomic E-state index is -0.201. The number of anilines is 2. The lowest BCUT2D eigenvalue weighted by Crippen LogP contribution is -2.43. The molecule has 0 bridgehead atoms. The molecule has 0 spiro atoms. The van der Waals surface area contributed by atoms with Gasteiger partial charge >= 0.3 is 0 Å². The molecule has 1 aromatic heterocycles. The molecule has 0 radical (unpaired) electrons. The number of aryl methyl sites for hydroxylation is 1. The Morgan fingerprint density at radius 3 is 2.75 bits per heavy atom. The van der Waals surface area contributed by atoms with E-state index in [0.29, 0.717) is 22.4 Å². The summed E-state index contributed by atoms with van der Waals surface area (Å²) in [6.45, 7) is 2.12. The van der Waals surface area contributed by atoms with Gasteiger partial charge in [-0.05, 0) is 24.1 Å². The van der Waals surface area contributed by atoms with Crippen molar-refractivity contribution >= 4 is 35.0 Å². The van der Waals surface area contributed by atoms with Gasteiger partial charge in [-0.2, -0.15) is 0 Å². The maximum absolute atomic E-state index is 12.7. The highest BCUT2D eigenvalue weighted by Crippen LogP contribution is 2.30. The quantitative estimate of drug-likeness (QED) is 0.650. The first-order valence-corrected chi connectivity index (χ1v) is 9.96. The second-order valence-electron chi connectivity index (χ2n) is 6.35. The van der Waals surface area contributed by atoms with Gasteiger partial charge in [-0.15, -0.1) is 5.10 Å². The lowest BCUT2D eigenvalue weighted by atomic mass is 10.1. The largest absolute Gasteiger partial charge is 0.323 e. The molecule has 0 aliphatic carbocycles. The molecule has 1 aliphatic heterocycles. The third-order valence-electron chi connectivity index (χ3n) is 4.50. The zero-order valence-corrected chi connectivity index (χ0v) is 16.1. The summed E-state index contributed by atoms with van der Waals surface area (Å²) in [5.74, 6) is 0.451. The van der Waals surface area contributed by atoms with E-state index >= 15 is 0 Å². The highest BCUT2D eigenvalue weighted by atomic mass is 32.2. The summed E-state index contributed by atoms with van der Waals surface area (Å²) in [6.07, 6.45) is 0.984. The molecule has 2 N–H and O–H groups in total. The number of thioether (sulfide) groups is 1. The maximum Gasteiger partial charge on any atom is 0.244 e. The summed E-state index contributed by atoms with van der Waals surface area (Å²) >= 11 is 1.24. The van der Waals surface area contributed by atoms with Crippen LogP contribution in [0, 0.1) is 0 Å². The van der Waals surface area contributed by atoms with Gasteiger partial charge in [0, 0.05) is 5.56 Å². The highest BCUT2D eigenvalue weighted by molar-refractivity contribution is 7.99. The van der Waals surface area contributed by atoms with Gasteiger partial charge in [-0.1, -0.05) is 55.1 Å². The van der Waals surface area contributed by atoms with Crippen LogP contribution in [0.1, 0.15) is 12.5 Å². The predicted octanol–water partition coefficient (Wildman–Crippen LogP) is 3.11. The van der Waals surface area contributed by atoms with Gasteiger partial charge in [0.25, 0.3) is 0 Å². The third kappa shape index (κ3) is 3.77. The number of H-pyrrole nitrogens is 1. The fourth-order valence-corrected chi connectivity index (χ4v) is 3.67. The molecule has 2 heterocycles. The summed E-state index contributed by atoms with van der Waals surface area (Å²) in [5.41, 5.74) is 3.56. The number of carbonyl (C=O) groups excluding carboxylic acids is 2. The highest BCUT2D eigenvalue weighted by Gasteiger charge is 2.26. The average Bonchev–Trinajstić information content (AvgIpc) is 3.20. The molecule has 0 atom stereocenters. The lowest BCUT2D eigenvalue weighted by Gasteiger charge is -2.28. The van der Waals surface area contributed by atoms with E-state index in [1.165, 1.54) is 22.2 Å². The fourth-order valence-electron chi connectivity index (χ4n) is 3.00. The Hall–Kier alpha value is -3.13. The first-order chi connectivity index (χ1) is 13.6. The Labute approximate surface area is 166 Å². The van der Waals surface area contributed by atoms with Crippen LogP contribution in [0.3, 0.4) is 0 Å². The molecule has 2 amide bonds.